The third-order valence-corrected chi connectivity index (χ3v) is 4.10. The fourth-order valence-corrected chi connectivity index (χ4v) is 3.11. The molecular formula is C19H16O. The highest BCUT2D eigenvalue weighted by atomic mass is 16.5. The molecule has 0 saturated carbocycles. The number of hydrogen-bond acceptors (Lipinski definition) is 1. The van der Waals surface area contributed by atoms with E-state index in [1.807, 2.05) is 12.1 Å². The lowest BCUT2D eigenvalue weighted by atomic mass is 9.81. The van der Waals surface area contributed by atoms with E-state index in [-0.39, 0.29) is 0 Å². The van der Waals surface area contributed by atoms with Crippen molar-refractivity contribution in [2.75, 3.05) is 0 Å². The third-order valence-electron chi connectivity index (χ3n) is 4.10. The Balaban J connectivity index is 1.82. The van der Waals surface area contributed by atoms with E-state index in [9.17, 15) is 0 Å². The van der Waals surface area contributed by atoms with Crippen molar-refractivity contribution in [3.05, 3.63) is 83.1 Å². The zero-order valence-corrected chi connectivity index (χ0v) is 11.3. The zero-order valence-electron chi connectivity index (χ0n) is 11.3. The predicted octanol–water partition coefficient (Wildman–Crippen LogP) is 4.92. The molecule has 1 nitrogen and oxygen atoms in total. The summed E-state index contributed by atoms with van der Waals surface area (Å²) in [5.41, 5.74) is 3.89. The van der Waals surface area contributed by atoms with Crippen LogP contribution in [0.4, 0.5) is 0 Å². The van der Waals surface area contributed by atoms with Crippen LogP contribution in [-0.2, 0) is 0 Å². The normalized spacial score (nSPS) is 20.1. The van der Waals surface area contributed by atoms with Gasteiger partial charge >= 0.3 is 0 Å². The van der Waals surface area contributed by atoms with E-state index in [1.54, 1.807) is 0 Å². The lowest BCUT2D eigenvalue weighted by molar-refractivity contribution is 0.408. The summed E-state index contributed by atoms with van der Waals surface area (Å²) in [4.78, 5) is 0. The molecular weight excluding hydrogens is 244 g/mol. The van der Waals surface area contributed by atoms with Gasteiger partial charge < -0.3 is 4.74 Å². The van der Waals surface area contributed by atoms with Crippen LogP contribution in [0.2, 0.25) is 0 Å². The number of hydrogen-bond donors (Lipinski definition) is 0. The molecule has 0 radical (unpaired) electrons. The van der Waals surface area contributed by atoms with Gasteiger partial charge in [-0.2, -0.15) is 0 Å². The first-order valence-electron chi connectivity index (χ1n) is 7.16. The highest BCUT2D eigenvalue weighted by Crippen LogP contribution is 2.43. The summed E-state index contributed by atoms with van der Waals surface area (Å²) in [6, 6.07) is 19.0. The average molecular weight is 260 g/mol. The molecule has 2 aromatic rings. The maximum Gasteiger partial charge on any atom is 0.134 e. The summed E-state index contributed by atoms with van der Waals surface area (Å²) in [5, 5.41) is 0. The van der Waals surface area contributed by atoms with Gasteiger partial charge in [0.2, 0.25) is 0 Å². The molecule has 98 valence electrons. The molecule has 1 aliphatic carbocycles. The molecule has 0 N–H and O–H groups in total. The molecule has 2 aromatic carbocycles. The van der Waals surface area contributed by atoms with Crippen molar-refractivity contribution in [1.29, 1.82) is 0 Å². The second-order valence-electron chi connectivity index (χ2n) is 5.35. The molecule has 4 rings (SSSR count). The van der Waals surface area contributed by atoms with Gasteiger partial charge in [0.25, 0.3) is 0 Å². The highest BCUT2D eigenvalue weighted by Gasteiger charge is 2.27. The van der Waals surface area contributed by atoms with Crippen molar-refractivity contribution in [3.8, 4) is 5.75 Å². The first kappa shape index (κ1) is 11.5. The van der Waals surface area contributed by atoms with Crippen molar-refractivity contribution in [2.45, 2.75) is 18.8 Å². The third kappa shape index (κ3) is 1.87. The number of benzene rings is 2. The van der Waals surface area contributed by atoms with Gasteiger partial charge in [-0.3, -0.25) is 0 Å². The lowest BCUT2D eigenvalue weighted by Gasteiger charge is -2.30. The summed E-state index contributed by atoms with van der Waals surface area (Å²) in [5.74, 6) is 2.46. The monoisotopic (exact) mass is 260 g/mol. The molecule has 0 bridgehead atoms. The molecule has 0 fully saturated rings. The molecule has 20 heavy (non-hydrogen) atoms. The van der Waals surface area contributed by atoms with Crippen LogP contribution in [0, 0.1) is 0 Å². The van der Waals surface area contributed by atoms with Gasteiger partial charge in [0.05, 0.1) is 0 Å². The Morgan fingerprint density at radius 1 is 0.900 bits per heavy atom. The summed E-state index contributed by atoms with van der Waals surface area (Å²) in [6.07, 6.45) is 6.75. The van der Waals surface area contributed by atoms with Crippen LogP contribution in [0.3, 0.4) is 0 Å². The Morgan fingerprint density at radius 3 is 2.60 bits per heavy atom. The van der Waals surface area contributed by atoms with Crippen molar-refractivity contribution < 1.29 is 4.74 Å². The standard InChI is InChI=1S/C19H16O/c1-2-7-14(8-3-1)16-10-6-12-19-17(16)13-15-9-4-5-11-18(15)20-19/h1-5,7-9,11-13,16H,6,10H2. The summed E-state index contributed by atoms with van der Waals surface area (Å²) < 4.78 is 6.08. The van der Waals surface area contributed by atoms with E-state index in [2.05, 4.69) is 54.6 Å². The minimum atomic E-state index is 0.449. The minimum absolute atomic E-state index is 0.449. The van der Waals surface area contributed by atoms with Gasteiger partial charge in [-0.25, -0.2) is 0 Å². The first-order valence-corrected chi connectivity index (χ1v) is 7.16. The number of fused-ring (bicyclic) bond motifs is 2. The fraction of sp³-hybridized carbons (Fsp3) is 0.158. The van der Waals surface area contributed by atoms with E-state index in [1.165, 1.54) is 16.7 Å². The van der Waals surface area contributed by atoms with Crippen LogP contribution in [0.25, 0.3) is 6.08 Å². The van der Waals surface area contributed by atoms with Crippen molar-refractivity contribution in [2.24, 2.45) is 0 Å². The van der Waals surface area contributed by atoms with Crippen LogP contribution in [0.15, 0.2) is 72.0 Å². The summed E-state index contributed by atoms with van der Waals surface area (Å²) >= 11 is 0. The number of allylic oxidation sites excluding steroid dienone is 2. The molecule has 2 aliphatic rings. The SMILES string of the molecule is C1=C2Oc3ccccc3C=C2C(c2ccccc2)CC1. The molecule has 0 saturated heterocycles. The van der Waals surface area contributed by atoms with E-state index in [0.717, 1.165) is 24.4 Å². The Labute approximate surface area is 119 Å². The number of rotatable bonds is 1. The van der Waals surface area contributed by atoms with E-state index in [4.69, 9.17) is 4.74 Å². The van der Waals surface area contributed by atoms with Crippen LogP contribution in [0.1, 0.15) is 29.9 Å². The van der Waals surface area contributed by atoms with Crippen LogP contribution in [0.5, 0.6) is 5.75 Å². The molecule has 0 aromatic heterocycles. The molecule has 1 aliphatic heterocycles. The average Bonchev–Trinajstić information content (AvgIpc) is 2.53. The maximum absolute atomic E-state index is 6.08. The molecule has 1 unspecified atom stereocenters. The van der Waals surface area contributed by atoms with Crippen LogP contribution in [-0.4, -0.2) is 0 Å². The quantitative estimate of drug-likeness (QED) is 0.707. The maximum atomic E-state index is 6.08. The van der Waals surface area contributed by atoms with Gasteiger partial charge in [0, 0.05) is 17.1 Å². The van der Waals surface area contributed by atoms with Crippen LogP contribution >= 0.6 is 0 Å². The van der Waals surface area contributed by atoms with Crippen molar-refractivity contribution in [3.63, 3.8) is 0 Å². The van der Waals surface area contributed by atoms with Gasteiger partial charge in [-0.1, -0.05) is 48.5 Å². The smallest absolute Gasteiger partial charge is 0.134 e. The summed E-state index contributed by atoms with van der Waals surface area (Å²) in [6.45, 7) is 0. The Morgan fingerprint density at radius 2 is 1.70 bits per heavy atom. The molecule has 1 atom stereocenters. The summed E-state index contributed by atoms with van der Waals surface area (Å²) in [7, 11) is 0. The molecule has 0 amide bonds. The first-order chi connectivity index (χ1) is 9.92. The fourth-order valence-electron chi connectivity index (χ4n) is 3.11. The second kappa shape index (κ2) is 4.68. The molecule has 1 heteroatoms. The topological polar surface area (TPSA) is 9.23 Å². The largest absolute Gasteiger partial charge is 0.457 e. The Hall–Kier alpha value is -2.28. The highest BCUT2D eigenvalue weighted by molar-refractivity contribution is 5.69. The van der Waals surface area contributed by atoms with Crippen molar-refractivity contribution >= 4 is 6.08 Å². The van der Waals surface area contributed by atoms with E-state index >= 15 is 0 Å². The number of para-hydroxylation sites is 1. The second-order valence-corrected chi connectivity index (χ2v) is 5.35. The zero-order chi connectivity index (χ0) is 13.4. The molecule has 1 heterocycles. The van der Waals surface area contributed by atoms with E-state index in [0.29, 0.717) is 5.92 Å². The lowest BCUT2D eigenvalue weighted by Crippen LogP contribution is -2.16. The van der Waals surface area contributed by atoms with Crippen LogP contribution < -0.4 is 4.74 Å². The number of ether oxygens (including phenoxy) is 1. The van der Waals surface area contributed by atoms with Gasteiger partial charge in [-0.05, 0) is 36.6 Å². The van der Waals surface area contributed by atoms with Crippen molar-refractivity contribution in [1.82, 2.24) is 0 Å². The Bertz CT molecular complexity index is 695. The van der Waals surface area contributed by atoms with Gasteiger partial charge in [-0.15, -0.1) is 0 Å². The predicted molar refractivity (Wildman–Crippen MR) is 81.5 cm³/mol. The van der Waals surface area contributed by atoms with Gasteiger partial charge in [0.1, 0.15) is 11.5 Å². The minimum Gasteiger partial charge on any atom is -0.457 e. The Kier molecular flexibility index (Phi) is 2.70. The molecule has 0 spiro atoms. The van der Waals surface area contributed by atoms with Gasteiger partial charge in [0.15, 0.2) is 0 Å². The van der Waals surface area contributed by atoms with E-state index < -0.39 is 0 Å².